The number of rotatable bonds is 3. The van der Waals surface area contributed by atoms with Crippen molar-refractivity contribution in [2.24, 2.45) is 7.05 Å². The molecule has 0 saturated heterocycles. The van der Waals surface area contributed by atoms with Gasteiger partial charge in [-0.25, -0.2) is 4.39 Å². The standard InChI is InChI=1S/C17H13BrFN3O2S/c1-3-6-25-17-21-16(24)14-11(8-13(23)20-15(14)22(17)2)10-7-9(18)4-5-12(10)19/h1,4-5,7,11H,6,8H2,2H3,(H,20,23). The van der Waals surface area contributed by atoms with Crippen LogP contribution >= 0.6 is 27.7 Å². The molecule has 25 heavy (non-hydrogen) atoms. The summed E-state index contributed by atoms with van der Waals surface area (Å²) in [5, 5.41) is 3.10. The summed E-state index contributed by atoms with van der Waals surface area (Å²) in [6.45, 7) is 0. The van der Waals surface area contributed by atoms with Gasteiger partial charge in [0.25, 0.3) is 5.56 Å². The Bertz CT molecular complexity index is 968. The number of anilines is 1. The van der Waals surface area contributed by atoms with Crippen LogP contribution in [0.5, 0.6) is 0 Å². The largest absolute Gasteiger partial charge is 0.312 e. The molecule has 1 aliphatic rings. The molecule has 1 amide bonds. The number of nitrogens with zero attached hydrogens (tertiary/aromatic N) is 2. The number of hydrogen-bond donors (Lipinski definition) is 1. The van der Waals surface area contributed by atoms with Crippen molar-refractivity contribution in [3.63, 3.8) is 0 Å². The third-order valence-corrected chi connectivity index (χ3v) is 5.35. The van der Waals surface area contributed by atoms with Crippen molar-refractivity contribution in [2.45, 2.75) is 17.5 Å². The van der Waals surface area contributed by atoms with Crippen LogP contribution in [0.2, 0.25) is 0 Å². The summed E-state index contributed by atoms with van der Waals surface area (Å²) in [6, 6.07) is 4.46. The van der Waals surface area contributed by atoms with Gasteiger partial charge in [-0.2, -0.15) is 4.98 Å². The van der Waals surface area contributed by atoms with Gasteiger partial charge in [-0.3, -0.25) is 9.59 Å². The van der Waals surface area contributed by atoms with Crippen molar-refractivity contribution >= 4 is 39.4 Å². The first-order chi connectivity index (χ1) is 11.9. The minimum atomic E-state index is -0.695. The van der Waals surface area contributed by atoms with Crippen LogP contribution < -0.4 is 10.9 Å². The van der Waals surface area contributed by atoms with Crippen molar-refractivity contribution in [2.75, 3.05) is 11.1 Å². The van der Waals surface area contributed by atoms with Gasteiger partial charge in [0.05, 0.1) is 11.3 Å². The van der Waals surface area contributed by atoms with Gasteiger partial charge >= 0.3 is 0 Å². The van der Waals surface area contributed by atoms with Crippen LogP contribution in [0.25, 0.3) is 0 Å². The summed E-state index contributed by atoms with van der Waals surface area (Å²) >= 11 is 4.52. The second-order valence-electron chi connectivity index (χ2n) is 5.48. The van der Waals surface area contributed by atoms with E-state index in [1.165, 1.54) is 17.8 Å². The first-order valence-electron chi connectivity index (χ1n) is 7.34. The van der Waals surface area contributed by atoms with Crippen LogP contribution in [0.15, 0.2) is 32.6 Å². The first kappa shape index (κ1) is 17.7. The van der Waals surface area contributed by atoms with E-state index in [0.29, 0.717) is 21.2 Å². The lowest BCUT2D eigenvalue weighted by Crippen LogP contribution is -2.33. The van der Waals surface area contributed by atoms with Gasteiger partial charge in [-0.15, -0.1) is 6.42 Å². The Balaban J connectivity index is 2.20. The highest BCUT2D eigenvalue weighted by atomic mass is 79.9. The number of thioether (sulfide) groups is 1. The van der Waals surface area contributed by atoms with Crippen molar-refractivity contribution in [1.82, 2.24) is 9.55 Å². The van der Waals surface area contributed by atoms with Crippen LogP contribution in [0, 0.1) is 18.2 Å². The van der Waals surface area contributed by atoms with Crippen LogP contribution in [0.4, 0.5) is 10.2 Å². The lowest BCUT2D eigenvalue weighted by atomic mass is 9.86. The van der Waals surface area contributed by atoms with Gasteiger partial charge in [-0.05, 0) is 23.8 Å². The molecular formula is C17H13BrFN3O2S. The minimum absolute atomic E-state index is 0.0197. The third-order valence-electron chi connectivity index (χ3n) is 3.92. The number of benzene rings is 1. The third kappa shape index (κ3) is 3.34. The smallest absolute Gasteiger partial charge is 0.279 e. The lowest BCUT2D eigenvalue weighted by molar-refractivity contribution is -0.116. The second-order valence-corrected chi connectivity index (χ2v) is 7.34. The maximum Gasteiger partial charge on any atom is 0.279 e. The van der Waals surface area contributed by atoms with E-state index in [1.54, 1.807) is 23.7 Å². The van der Waals surface area contributed by atoms with E-state index in [1.807, 2.05) is 0 Å². The van der Waals surface area contributed by atoms with E-state index in [0.717, 1.165) is 0 Å². The second kappa shape index (κ2) is 7.02. The van der Waals surface area contributed by atoms with E-state index >= 15 is 0 Å². The maximum atomic E-state index is 14.3. The molecule has 8 heteroatoms. The molecule has 0 spiro atoms. The molecule has 0 radical (unpaired) electrons. The predicted molar refractivity (Wildman–Crippen MR) is 98.2 cm³/mol. The fourth-order valence-corrected chi connectivity index (χ4v) is 3.84. The van der Waals surface area contributed by atoms with Gasteiger partial charge in [0.2, 0.25) is 5.91 Å². The molecule has 1 unspecified atom stereocenters. The van der Waals surface area contributed by atoms with Crippen molar-refractivity contribution < 1.29 is 9.18 Å². The quantitative estimate of drug-likeness (QED) is 0.470. The Kier molecular flexibility index (Phi) is 4.97. The zero-order chi connectivity index (χ0) is 18.1. The molecule has 5 nitrogen and oxygen atoms in total. The highest BCUT2D eigenvalue weighted by Crippen LogP contribution is 2.37. The Hall–Kier alpha value is -2.11. The molecule has 1 aliphatic heterocycles. The Morgan fingerprint density at radius 3 is 3.00 bits per heavy atom. The molecule has 3 rings (SSSR count). The van der Waals surface area contributed by atoms with Crippen LogP contribution in [-0.4, -0.2) is 21.2 Å². The van der Waals surface area contributed by atoms with E-state index in [2.05, 4.69) is 32.2 Å². The molecule has 0 fully saturated rings. The Labute approximate surface area is 156 Å². The fourth-order valence-electron chi connectivity index (χ4n) is 2.82. The van der Waals surface area contributed by atoms with Crippen molar-refractivity contribution in [3.05, 3.63) is 50.0 Å². The first-order valence-corrected chi connectivity index (χ1v) is 9.12. The summed E-state index contributed by atoms with van der Waals surface area (Å²) < 4.78 is 16.6. The van der Waals surface area contributed by atoms with E-state index in [-0.39, 0.29) is 23.5 Å². The number of hydrogen-bond acceptors (Lipinski definition) is 4. The number of fused-ring (bicyclic) bond motifs is 1. The van der Waals surface area contributed by atoms with Gasteiger partial charge in [0.15, 0.2) is 5.16 Å². The number of nitrogens with one attached hydrogen (secondary N) is 1. The molecule has 1 aromatic carbocycles. The number of halogens is 2. The van der Waals surface area contributed by atoms with Crippen LogP contribution in [0.1, 0.15) is 23.5 Å². The molecule has 1 atom stereocenters. The van der Waals surface area contributed by atoms with Crippen molar-refractivity contribution in [1.29, 1.82) is 0 Å². The number of carbonyl (C=O) groups excluding carboxylic acids is 1. The molecule has 1 N–H and O–H groups in total. The average molecular weight is 422 g/mol. The van der Waals surface area contributed by atoms with Gasteiger partial charge in [0, 0.05) is 23.9 Å². The average Bonchev–Trinajstić information content (AvgIpc) is 2.58. The summed E-state index contributed by atoms with van der Waals surface area (Å²) in [5.41, 5.74) is 0.0783. The summed E-state index contributed by atoms with van der Waals surface area (Å²) in [6.07, 6.45) is 5.23. The van der Waals surface area contributed by atoms with Crippen molar-refractivity contribution in [3.8, 4) is 12.3 Å². The Morgan fingerprint density at radius 1 is 1.52 bits per heavy atom. The predicted octanol–water partition coefficient (Wildman–Crippen LogP) is 2.88. The number of terminal acetylenes is 1. The SMILES string of the molecule is C#CCSc1nc(=O)c2c(n1C)NC(=O)CC2c1cc(Br)ccc1F. The molecule has 0 bridgehead atoms. The van der Waals surface area contributed by atoms with E-state index < -0.39 is 17.3 Å². The molecule has 0 saturated carbocycles. The van der Waals surface area contributed by atoms with E-state index in [4.69, 9.17) is 6.42 Å². The maximum absolute atomic E-state index is 14.3. The molecule has 128 valence electrons. The molecule has 2 heterocycles. The molecular weight excluding hydrogens is 409 g/mol. The zero-order valence-electron chi connectivity index (χ0n) is 13.2. The highest BCUT2D eigenvalue weighted by Gasteiger charge is 2.33. The summed E-state index contributed by atoms with van der Waals surface area (Å²) in [4.78, 5) is 28.9. The number of aromatic nitrogens is 2. The van der Waals surface area contributed by atoms with E-state index in [9.17, 15) is 14.0 Å². The normalized spacial score (nSPS) is 16.1. The lowest BCUT2D eigenvalue weighted by Gasteiger charge is -2.27. The topological polar surface area (TPSA) is 64.0 Å². The highest BCUT2D eigenvalue weighted by molar-refractivity contribution is 9.10. The number of carbonyl (C=O) groups is 1. The summed E-state index contributed by atoms with van der Waals surface area (Å²) in [7, 11) is 1.68. The van der Waals surface area contributed by atoms with Gasteiger partial charge in [0.1, 0.15) is 11.6 Å². The van der Waals surface area contributed by atoms with Crippen LogP contribution in [0.3, 0.4) is 0 Å². The molecule has 0 aliphatic carbocycles. The molecule has 1 aromatic heterocycles. The fraction of sp³-hybridized carbons (Fsp3) is 0.235. The van der Waals surface area contributed by atoms with Crippen LogP contribution in [-0.2, 0) is 11.8 Å². The molecule has 2 aromatic rings. The van der Waals surface area contributed by atoms with Gasteiger partial charge in [-0.1, -0.05) is 33.6 Å². The monoisotopic (exact) mass is 421 g/mol. The minimum Gasteiger partial charge on any atom is -0.312 e. The zero-order valence-corrected chi connectivity index (χ0v) is 15.6. The number of amides is 1. The van der Waals surface area contributed by atoms with Gasteiger partial charge < -0.3 is 9.88 Å². The summed E-state index contributed by atoms with van der Waals surface area (Å²) in [5.74, 6) is 1.69. The Morgan fingerprint density at radius 2 is 2.28 bits per heavy atom.